The molecule has 0 aliphatic carbocycles. The Morgan fingerprint density at radius 2 is 1.97 bits per heavy atom. The van der Waals surface area contributed by atoms with Crippen molar-refractivity contribution in [2.45, 2.75) is 6.92 Å². The van der Waals surface area contributed by atoms with Crippen LogP contribution in [0, 0.1) is 17.0 Å². The Balaban J connectivity index is 1.46. The van der Waals surface area contributed by atoms with Crippen molar-refractivity contribution in [3.8, 4) is 5.88 Å². The molecule has 11 nitrogen and oxygen atoms in total. The zero-order valence-electron chi connectivity index (χ0n) is 17.8. The number of carbonyl (C=O) groups is 2. The minimum atomic E-state index is -0.492. The number of ether oxygens (including phenoxy) is 1. The zero-order chi connectivity index (χ0) is 22.5. The van der Waals surface area contributed by atoms with Crippen LogP contribution in [0.3, 0.4) is 0 Å². The van der Waals surface area contributed by atoms with Gasteiger partial charge in [-0.2, -0.15) is 0 Å². The van der Waals surface area contributed by atoms with E-state index >= 15 is 0 Å². The molecule has 1 aliphatic heterocycles. The molecule has 2 amide bonds. The predicted octanol–water partition coefficient (Wildman–Crippen LogP) is 0.833. The maximum atomic E-state index is 12.7. The fourth-order valence-electron chi connectivity index (χ4n) is 3.49. The summed E-state index contributed by atoms with van der Waals surface area (Å²) in [6.45, 7) is 5.15. The number of carbonyl (C=O) groups excluding carboxylic acids is 2. The van der Waals surface area contributed by atoms with Gasteiger partial charge in [-0.25, -0.2) is 0 Å². The number of nitro benzene ring substituents is 1. The number of rotatable bonds is 7. The van der Waals surface area contributed by atoms with E-state index in [9.17, 15) is 19.7 Å². The van der Waals surface area contributed by atoms with Crippen molar-refractivity contribution in [1.29, 1.82) is 0 Å². The van der Waals surface area contributed by atoms with Crippen LogP contribution in [0.15, 0.2) is 24.4 Å². The first-order chi connectivity index (χ1) is 14.8. The highest BCUT2D eigenvalue weighted by molar-refractivity contribution is 5.96. The van der Waals surface area contributed by atoms with Crippen LogP contribution >= 0.6 is 0 Å². The summed E-state index contributed by atoms with van der Waals surface area (Å²) in [6, 6.07) is 4.44. The number of hydrogen-bond donors (Lipinski definition) is 1. The van der Waals surface area contributed by atoms with Gasteiger partial charge in [-0.05, 0) is 13.0 Å². The van der Waals surface area contributed by atoms with E-state index in [2.05, 4.69) is 15.3 Å². The molecule has 2 heterocycles. The molecule has 3 rings (SSSR count). The monoisotopic (exact) mass is 430 g/mol. The third kappa shape index (κ3) is 5.18. The highest BCUT2D eigenvalue weighted by Gasteiger charge is 2.26. The number of nitrogens with one attached hydrogen (secondary N) is 1. The van der Waals surface area contributed by atoms with Gasteiger partial charge < -0.3 is 15.0 Å². The minimum Gasteiger partial charge on any atom is -0.479 e. The van der Waals surface area contributed by atoms with Crippen LogP contribution in [-0.4, -0.2) is 82.7 Å². The van der Waals surface area contributed by atoms with Crippen molar-refractivity contribution in [3.63, 3.8) is 0 Å². The van der Waals surface area contributed by atoms with Crippen molar-refractivity contribution in [2.75, 3.05) is 46.4 Å². The third-order valence-corrected chi connectivity index (χ3v) is 5.26. The van der Waals surface area contributed by atoms with E-state index in [-0.39, 0.29) is 23.1 Å². The molecule has 166 valence electrons. The maximum Gasteiger partial charge on any atom is 0.273 e. The highest BCUT2D eigenvalue weighted by Crippen LogP contribution is 2.20. The summed E-state index contributed by atoms with van der Waals surface area (Å²) >= 11 is 0. The van der Waals surface area contributed by atoms with E-state index < -0.39 is 4.92 Å². The third-order valence-electron chi connectivity index (χ3n) is 5.26. The minimum absolute atomic E-state index is 0.0707. The molecule has 0 atom stereocenters. The molecular weight excluding hydrogens is 404 g/mol. The van der Waals surface area contributed by atoms with Crippen LogP contribution in [0.25, 0.3) is 0 Å². The Labute approximate surface area is 179 Å². The summed E-state index contributed by atoms with van der Waals surface area (Å²) in [6.07, 6.45) is 1.65. The summed E-state index contributed by atoms with van der Waals surface area (Å²) < 4.78 is 6.72. The largest absolute Gasteiger partial charge is 0.479 e. The summed E-state index contributed by atoms with van der Waals surface area (Å²) in [5.74, 6) is -0.145. The number of hydrogen-bond acceptors (Lipinski definition) is 7. The highest BCUT2D eigenvalue weighted by atomic mass is 16.6. The number of nitro groups is 1. The van der Waals surface area contributed by atoms with E-state index in [0.29, 0.717) is 56.3 Å². The Kier molecular flexibility index (Phi) is 6.85. The molecule has 31 heavy (non-hydrogen) atoms. The summed E-state index contributed by atoms with van der Waals surface area (Å²) in [5.41, 5.74) is 1.15. The first kappa shape index (κ1) is 22.2. The second kappa shape index (κ2) is 9.56. The van der Waals surface area contributed by atoms with Crippen LogP contribution in [-0.2, 0) is 7.05 Å². The molecule has 0 spiro atoms. The van der Waals surface area contributed by atoms with Gasteiger partial charge in [0.25, 0.3) is 17.5 Å². The average Bonchev–Trinajstić information content (AvgIpc) is 3.14. The molecule has 0 saturated carbocycles. The molecule has 11 heteroatoms. The number of nitrogens with zero attached hydrogens (tertiary/aromatic N) is 5. The topological polar surface area (TPSA) is 123 Å². The van der Waals surface area contributed by atoms with E-state index in [1.54, 1.807) is 41.9 Å². The molecule has 0 unspecified atom stereocenters. The van der Waals surface area contributed by atoms with Gasteiger partial charge in [-0.15, -0.1) is 5.10 Å². The van der Waals surface area contributed by atoms with E-state index in [4.69, 9.17) is 4.74 Å². The van der Waals surface area contributed by atoms with Gasteiger partial charge in [-0.3, -0.25) is 29.3 Å². The molecule has 0 bridgehead atoms. The summed E-state index contributed by atoms with van der Waals surface area (Å²) in [5, 5.41) is 18.0. The van der Waals surface area contributed by atoms with E-state index in [1.807, 2.05) is 0 Å². The van der Waals surface area contributed by atoms with Crippen molar-refractivity contribution in [1.82, 2.24) is 24.9 Å². The molecule has 1 saturated heterocycles. The molecule has 0 radical (unpaired) electrons. The van der Waals surface area contributed by atoms with Gasteiger partial charge in [0.15, 0.2) is 0 Å². The Hall–Kier alpha value is -3.47. The molecule has 2 aromatic rings. The van der Waals surface area contributed by atoms with Crippen molar-refractivity contribution in [3.05, 3.63) is 51.2 Å². The predicted molar refractivity (Wildman–Crippen MR) is 112 cm³/mol. The van der Waals surface area contributed by atoms with E-state index in [0.717, 1.165) is 0 Å². The normalized spacial score (nSPS) is 14.4. The van der Waals surface area contributed by atoms with Crippen molar-refractivity contribution < 1.29 is 19.2 Å². The standard InChI is InChI=1S/C20H26N6O5/c1-14-4-5-15(12-17(14)26(29)30)18(27)21-6-7-24-8-10-25(11-9-24)20(28)16-13-23(2)22-19(16)31-3/h4-5,12-13H,6-11H2,1-3H3,(H,21,27). The van der Waals surface area contributed by atoms with Gasteiger partial charge >= 0.3 is 0 Å². The van der Waals surface area contributed by atoms with Gasteiger partial charge in [0.2, 0.25) is 5.88 Å². The molecular formula is C20H26N6O5. The number of aromatic nitrogens is 2. The fourth-order valence-corrected chi connectivity index (χ4v) is 3.49. The first-order valence-corrected chi connectivity index (χ1v) is 9.92. The lowest BCUT2D eigenvalue weighted by Gasteiger charge is -2.34. The van der Waals surface area contributed by atoms with Gasteiger partial charge in [-0.1, -0.05) is 6.07 Å². The number of methoxy groups -OCH3 is 1. The maximum absolute atomic E-state index is 12.7. The first-order valence-electron chi connectivity index (χ1n) is 9.92. The quantitative estimate of drug-likeness (QED) is 0.510. The SMILES string of the molecule is COc1nn(C)cc1C(=O)N1CCN(CCNC(=O)c2ccc(C)c([N+](=O)[O-])c2)CC1. The lowest BCUT2D eigenvalue weighted by atomic mass is 10.1. The molecule has 1 N–H and O–H groups in total. The van der Waals surface area contributed by atoms with Crippen LogP contribution in [0.1, 0.15) is 26.3 Å². The average molecular weight is 430 g/mol. The number of piperazine rings is 1. The van der Waals surface area contributed by atoms with Crippen LogP contribution in [0.5, 0.6) is 5.88 Å². The lowest BCUT2D eigenvalue weighted by Crippen LogP contribution is -2.50. The van der Waals surface area contributed by atoms with Gasteiger partial charge in [0.05, 0.1) is 12.0 Å². The van der Waals surface area contributed by atoms with Crippen LogP contribution in [0.2, 0.25) is 0 Å². The summed E-state index contributed by atoms with van der Waals surface area (Å²) in [7, 11) is 3.22. The van der Waals surface area contributed by atoms with Gasteiger partial charge in [0, 0.05) is 69.7 Å². The van der Waals surface area contributed by atoms with Gasteiger partial charge in [0.1, 0.15) is 5.56 Å². The number of benzene rings is 1. The smallest absolute Gasteiger partial charge is 0.273 e. The number of amides is 2. The zero-order valence-corrected chi connectivity index (χ0v) is 17.8. The Morgan fingerprint density at radius 3 is 2.61 bits per heavy atom. The Morgan fingerprint density at radius 1 is 1.26 bits per heavy atom. The lowest BCUT2D eigenvalue weighted by molar-refractivity contribution is -0.385. The molecule has 1 aliphatic rings. The second-order valence-electron chi connectivity index (χ2n) is 7.37. The molecule has 1 aromatic heterocycles. The van der Waals surface area contributed by atoms with Crippen molar-refractivity contribution >= 4 is 17.5 Å². The van der Waals surface area contributed by atoms with Crippen molar-refractivity contribution in [2.24, 2.45) is 7.05 Å². The second-order valence-corrected chi connectivity index (χ2v) is 7.37. The summed E-state index contributed by atoms with van der Waals surface area (Å²) in [4.78, 5) is 39.5. The molecule has 1 aromatic carbocycles. The molecule has 1 fully saturated rings. The fraction of sp³-hybridized carbons (Fsp3) is 0.450. The van der Waals surface area contributed by atoms with Crippen LogP contribution < -0.4 is 10.1 Å². The van der Waals surface area contributed by atoms with Crippen LogP contribution in [0.4, 0.5) is 5.69 Å². The number of aryl methyl sites for hydroxylation is 2. The van der Waals surface area contributed by atoms with E-state index in [1.165, 1.54) is 13.2 Å². The Bertz CT molecular complexity index is 980.